The summed E-state index contributed by atoms with van der Waals surface area (Å²) in [6, 6.07) is 8.78. The lowest BCUT2D eigenvalue weighted by molar-refractivity contribution is -0.133. The Balaban J connectivity index is 1.66. The minimum absolute atomic E-state index is 0.122. The molecule has 1 aromatic carbocycles. The fourth-order valence-electron chi connectivity index (χ4n) is 3.04. The molecule has 0 bridgehead atoms. The number of hydrogen-bond acceptors (Lipinski definition) is 4. The largest absolute Gasteiger partial charge is 0.491 e. The number of nitrogens with zero attached hydrogens (tertiary/aromatic N) is 1. The summed E-state index contributed by atoms with van der Waals surface area (Å²) < 4.78 is 5.67. The number of rotatable bonds is 4. The van der Waals surface area contributed by atoms with Crippen LogP contribution in [0.2, 0.25) is 0 Å². The number of carbonyl (C=O) groups is 2. The van der Waals surface area contributed by atoms with Gasteiger partial charge in [-0.15, -0.1) is 0 Å². The summed E-state index contributed by atoms with van der Waals surface area (Å²) in [6.45, 7) is 3.61. The molecule has 1 aromatic rings. The summed E-state index contributed by atoms with van der Waals surface area (Å²) in [5, 5.41) is 6.11. The molecule has 6 heteroatoms. The second kappa shape index (κ2) is 5.96. The van der Waals surface area contributed by atoms with Gasteiger partial charge < -0.3 is 15.4 Å². The van der Waals surface area contributed by atoms with Gasteiger partial charge >= 0.3 is 6.03 Å². The maximum atomic E-state index is 12.7. The number of ether oxygens (including phenoxy) is 1. The molecule has 0 aliphatic carbocycles. The molecular weight excluding hydrogens is 282 g/mol. The zero-order chi connectivity index (χ0) is 15.6. The van der Waals surface area contributed by atoms with Gasteiger partial charge in [-0.3, -0.25) is 9.69 Å². The average molecular weight is 303 g/mol. The second-order valence-corrected chi connectivity index (χ2v) is 5.91. The van der Waals surface area contributed by atoms with E-state index in [2.05, 4.69) is 10.6 Å². The van der Waals surface area contributed by atoms with Crippen LogP contribution >= 0.6 is 0 Å². The summed E-state index contributed by atoms with van der Waals surface area (Å²) in [6.07, 6.45) is 1.28. The Morgan fingerprint density at radius 3 is 2.59 bits per heavy atom. The number of imide groups is 1. The zero-order valence-corrected chi connectivity index (χ0v) is 12.7. The van der Waals surface area contributed by atoms with E-state index in [1.54, 1.807) is 0 Å². The van der Waals surface area contributed by atoms with Crippen LogP contribution in [0.3, 0.4) is 0 Å². The predicted octanol–water partition coefficient (Wildman–Crippen LogP) is 1.13. The highest BCUT2D eigenvalue weighted by molar-refractivity contribution is 6.07. The highest BCUT2D eigenvalue weighted by atomic mass is 16.5. The third kappa shape index (κ3) is 2.66. The third-order valence-corrected chi connectivity index (χ3v) is 4.33. The van der Waals surface area contributed by atoms with Crippen molar-refractivity contribution < 1.29 is 14.3 Å². The molecule has 2 aliphatic rings. The van der Waals surface area contributed by atoms with Crippen molar-refractivity contribution in [3.05, 3.63) is 30.3 Å². The number of amides is 3. The van der Waals surface area contributed by atoms with Crippen LogP contribution in [0, 0.1) is 0 Å². The molecule has 3 rings (SSSR count). The summed E-state index contributed by atoms with van der Waals surface area (Å²) in [5.74, 6) is 0.612. The van der Waals surface area contributed by atoms with Gasteiger partial charge in [-0.25, -0.2) is 4.79 Å². The SMILES string of the molecule is C[C@H](COc1ccccc1)N1C(=O)NC2(CCNCC2)C1=O. The maximum Gasteiger partial charge on any atom is 0.325 e. The molecule has 3 amide bonds. The van der Waals surface area contributed by atoms with Crippen molar-refractivity contribution in [2.24, 2.45) is 0 Å². The molecule has 2 fully saturated rings. The third-order valence-electron chi connectivity index (χ3n) is 4.33. The fourth-order valence-corrected chi connectivity index (χ4v) is 3.04. The normalized spacial score (nSPS) is 21.8. The van der Waals surface area contributed by atoms with Crippen molar-refractivity contribution in [1.29, 1.82) is 0 Å². The number of urea groups is 1. The van der Waals surface area contributed by atoms with Gasteiger partial charge in [0, 0.05) is 0 Å². The average Bonchev–Trinajstić information content (AvgIpc) is 2.77. The van der Waals surface area contributed by atoms with Gasteiger partial charge in [-0.2, -0.15) is 0 Å². The molecule has 0 unspecified atom stereocenters. The Morgan fingerprint density at radius 1 is 1.23 bits per heavy atom. The monoisotopic (exact) mass is 303 g/mol. The van der Waals surface area contributed by atoms with Crippen LogP contribution < -0.4 is 15.4 Å². The van der Waals surface area contributed by atoms with Gasteiger partial charge in [0.25, 0.3) is 5.91 Å². The highest BCUT2D eigenvalue weighted by Gasteiger charge is 2.52. The van der Waals surface area contributed by atoms with E-state index in [0.717, 1.165) is 18.8 Å². The quantitative estimate of drug-likeness (QED) is 0.818. The zero-order valence-electron chi connectivity index (χ0n) is 12.7. The number of piperidine rings is 1. The van der Waals surface area contributed by atoms with Crippen LogP contribution in [0.1, 0.15) is 19.8 Å². The molecule has 1 spiro atoms. The van der Waals surface area contributed by atoms with Crippen molar-refractivity contribution in [2.75, 3.05) is 19.7 Å². The molecule has 2 heterocycles. The minimum Gasteiger partial charge on any atom is -0.491 e. The van der Waals surface area contributed by atoms with E-state index in [1.165, 1.54) is 4.90 Å². The first kappa shape index (κ1) is 14.8. The van der Waals surface area contributed by atoms with Gasteiger partial charge in [0.1, 0.15) is 17.9 Å². The van der Waals surface area contributed by atoms with Gasteiger partial charge in [-0.1, -0.05) is 18.2 Å². The van der Waals surface area contributed by atoms with Crippen LogP contribution in [0.15, 0.2) is 30.3 Å². The van der Waals surface area contributed by atoms with Gasteiger partial charge in [0.2, 0.25) is 0 Å². The first-order valence-electron chi connectivity index (χ1n) is 7.67. The van der Waals surface area contributed by atoms with E-state index in [4.69, 9.17) is 4.74 Å². The van der Waals surface area contributed by atoms with E-state index in [0.29, 0.717) is 12.8 Å². The van der Waals surface area contributed by atoms with Crippen molar-refractivity contribution in [2.45, 2.75) is 31.3 Å². The van der Waals surface area contributed by atoms with Gasteiger partial charge in [0.15, 0.2) is 0 Å². The van der Waals surface area contributed by atoms with Crippen molar-refractivity contribution in [3.63, 3.8) is 0 Å². The Kier molecular flexibility index (Phi) is 4.02. The van der Waals surface area contributed by atoms with E-state index in [1.807, 2.05) is 37.3 Å². The molecule has 118 valence electrons. The molecule has 2 aliphatic heterocycles. The van der Waals surface area contributed by atoms with Crippen LogP contribution in [-0.4, -0.2) is 48.1 Å². The summed E-state index contributed by atoms with van der Waals surface area (Å²) in [7, 11) is 0. The van der Waals surface area contributed by atoms with E-state index >= 15 is 0 Å². The summed E-state index contributed by atoms with van der Waals surface area (Å²) in [5.41, 5.74) is -0.719. The molecule has 2 saturated heterocycles. The molecular formula is C16H21N3O3. The predicted molar refractivity (Wildman–Crippen MR) is 81.6 cm³/mol. The topological polar surface area (TPSA) is 70.7 Å². The van der Waals surface area contributed by atoms with Crippen molar-refractivity contribution >= 4 is 11.9 Å². The minimum atomic E-state index is -0.719. The fraction of sp³-hybridized carbons (Fsp3) is 0.500. The van der Waals surface area contributed by atoms with Crippen LogP contribution in [0.25, 0.3) is 0 Å². The molecule has 0 radical (unpaired) electrons. The molecule has 0 saturated carbocycles. The number of benzene rings is 1. The Morgan fingerprint density at radius 2 is 1.91 bits per heavy atom. The lowest BCUT2D eigenvalue weighted by Crippen LogP contribution is -2.54. The second-order valence-electron chi connectivity index (χ2n) is 5.91. The highest BCUT2D eigenvalue weighted by Crippen LogP contribution is 2.28. The summed E-state index contributed by atoms with van der Waals surface area (Å²) >= 11 is 0. The van der Waals surface area contributed by atoms with E-state index in [-0.39, 0.29) is 24.6 Å². The molecule has 2 N–H and O–H groups in total. The molecule has 1 atom stereocenters. The first-order valence-corrected chi connectivity index (χ1v) is 7.67. The lowest BCUT2D eigenvalue weighted by Gasteiger charge is -2.31. The molecule has 22 heavy (non-hydrogen) atoms. The van der Waals surface area contributed by atoms with Crippen LogP contribution in [-0.2, 0) is 4.79 Å². The number of para-hydroxylation sites is 1. The van der Waals surface area contributed by atoms with Gasteiger partial charge in [0.05, 0.1) is 6.04 Å². The smallest absolute Gasteiger partial charge is 0.325 e. The van der Waals surface area contributed by atoms with Gasteiger partial charge in [-0.05, 0) is 45.0 Å². The Bertz CT molecular complexity index is 555. The number of nitrogens with one attached hydrogen (secondary N) is 2. The standard InChI is InChI=1S/C16H21N3O3/c1-12(11-22-13-5-3-2-4-6-13)19-14(20)16(18-15(19)21)7-9-17-10-8-16/h2-6,12,17H,7-11H2,1H3,(H,18,21)/t12-/m1/s1. The van der Waals surface area contributed by atoms with Crippen LogP contribution in [0.4, 0.5) is 4.79 Å². The number of hydrogen-bond donors (Lipinski definition) is 2. The Labute approximate surface area is 129 Å². The Hall–Kier alpha value is -2.08. The van der Waals surface area contributed by atoms with Crippen LogP contribution in [0.5, 0.6) is 5.75 Å². The molecule has 0 aromatic heterocycles. The maximum absolute atomic E-state index is 12.7. The molecule has 6 nitrogen and oxygen atoms in total. The summed E-state index contributed by atoms with van der Waals surface area (Å²) in [4.78, 5) is 26.2. The number of carbonyl (C=O) groups excluding carboxylic acids is 2. The van der Waals surface area contributed by atoms with E-state index in [9.17, 15) is 9.59 Å². The van der Waals surface area contributed by atoms with E-state index < -0.39 is 5.54 Å². The lowest BCUT2D eigenvalue weighted by atomic mass is 9.88. The van der Waals surface area contributed by atoms with Crippen molar-refractivity contribution in [3.8, 4) is 5.75 Å². The first-order chi connectivity index (χ1) is 10.6. The van der Waals surface area contributed by atoms with Crippen molar-refractivity contribution in [1.82, 2.24) is 15.5 Å².